The van der Waals surface area contributed by atoms with Crippen LogP contribution in [0.25, 0.3) is 0 Å². The van der Waals surface area contributed by atoms with Gasteiger partial charge in [0.2, 0.25) is 0 Å². The normalized spacial score (nSPS) is 14.6. The number of aromatic nitrogens is 3. The predicted octanol–water partition coefficient (Wildman–Crippen LogP) is 1.54. The van der Waals surface area contributed by atoms with Crippen molar-refractivity contribution in [3.63, 3.8) is 0 Å². The van der Waals surface area contributed by atoms with Crippen LogP contribution in [-0.4, -0.2) is 38.6 Å². The lowest BCUT2D eigenvalue weighted by molar-refractivity contribution is 0.159. The molecule has 0 spiro atoms. The molecule has 1 heterocycles. The van der Waals surface area contributed by atoms with Crippen LogP contribution in [0, 0.1) is 0 Å². The molecule has 0 aliphatic carbocycles. The number of aliphatic hydroxyl groups excluding tert-OH is 1. The molecule has 1 rings (SSSR count). The Morgan fingerprint density at radius 1 is 1.26 bits per heavy atom. The van der Waals surface area contributed by atoms with Gasteiger partial charge in [-0.1, -0.05) is 20.8 Å². The van der Waals surface area contributed by atoms with E-state index in [9.17, 15) is 5.11 Å². The van der Waals surface area contributed by atoms with Gasteiger partial charge in [-0.15, -0.1) is 0 Å². The summed E-state index contributed by atoms with van der Waals surface area (Å²) in [5.41, 5.74) is -0.237. The minimum atomic E-state index is -0.237. The van der Waals surface area contributed by atoms with Gasteiger partial charge in [-0.25, -0.2) is 9.67 Å². The molecule has 19 heavy (non-hydrogen) atoms. The third kappa shape index (κ3) is 4.58. The molecule has 0 bridgehead atoms. The van der Waals surface area contributed by atoms with E-state index in [1.165, 1.54) is 0 Å². The van der Waals surface area contributed by atoms with E-state index in [1.807, 2.05) is 4.68 Å². The molecule has 1 aromatic heterocycles. The molecule has 5 nitrogen and oxygen atoms in total. The molecule has 0 amide bonds. The smallest absolute Gasteiger partial charge is 0.150 e. The molecule has 1 atom stereocenters. The van der Waals surface area contributed by atoms with Gasteiger partial charge in [0.15, 0.2) is 5.82 Å². The summed E-state index contributed by atoms with van der Waals surface area (Å²) in [5.74, 6) is 1.94. The largest absolute Gasteiger partial charge is 0.394 e. The van der Waals surface area contributed by atoms with Gasteiger partial charge in [-0.3, -0.25) is 0 Å². The quantitative estimate of drug-likeness (QED) is 0.713. The number of nitrogens with one attached hydrogen (secondary N) is 1. The van der Waals surface area contributed by atoms with Crippen LogP contribution in [0.3, 0.4) is 0 Å². The first-order valence-electron chi connectivity index (χ1n) is 7.37. The second-order valence-corrected chi connectivity index (χ2v) is 5.27. The number of hydrogen-bond acceptors (Lipinski definition) is 4. The Morgan fingerprint density at radius 2 is 2.00 bits per heavy atom. The molecule has 0 aromatic carbocycles. The second kappa shape index (κ2) is 7.60. The van der Waals surface area contributed by atoms with Gasteiger partial charge in [-0.2, -0.15) is 5.10 Å². The Bertz CT molecular complexity index is 378. The van der Waals surface area contributed by atoms with Crippen LogP contribution in [0.4, 0.5) is 0 Å². The highest BCUT2D eigenvalue weighted by Crippen LogP contribution is 2.12. The highest BCUT2D eigenvalue weighted by atomic mass is 16.3. The summed E-state index contributed by atoms with van der Waals surface area (Å²) < 4.78 is 1.99. The van der Waals surface area contributed by atoms with Crippen molar-refractivity contribution in [3.05, 3.63) is 11.6 Å². The van der Waals surface area contributed by atoms with E-state index in [0.717, 1.165) is 50.4 Å². The van der Waals surface area contributed by atoms with Crippen molar-refractivity contribution >= 4 is 0 Å². The molecule has 0 saturated carbocycles. The third-order valence-corrected chi connectivity index (χ3v) is 3.45. The van der Waals surface area contributed by atoms with Crippen molar-refractivity contribution in [3.8, 4) is 0 Å². The van der Waals surface area contributed by atoms with Crippen molar-refractivity contribution in [1.82, 2.24) is 20.1 Å². The molecule has 0 aliphatic rings. The summed E-state index contributed by atoms with van der Waals surface area (Å²) in [6, 6.07) is 0. The lowest BCUT2D eigenvalue weighted by Gasteiger charge is -2.28. The number of aryl methyl sites for hydroxylation is 3. The maximum absolute atomic E-state index is 9.56. The Hall–Kier alpha value is -0.940. The monoisotopic (exact) mass is 268 g/mol. The predicted molar refractivity (Wildman–Crippen MR) is 77.2 cm³/mol. The van der Waals surface area contributed by atoms with Gasteiger partial charge in [0.1, 0.15) is 5.82 Å². The van der Waals surface area contributed by atoms with Crippen molar-refractivity contribution in [1.29, 1.82) is 0 Å². The SMILES string of the molecule is CCCNC(C)(CO)CCn1nc(CC)nc1CC. The third-order valence-electron chi connectivity index (χ3n) is 3.45. The Kier molecular flexibility index (Phi) is 6.45. The molecule has 2 N–H and O–H groups in total. The minimum Gasteiger partial charge on any atom is -0.394 e. The average molecular weight is 268 g/mol. The van der Waals surface area contributed by atoms with Crippen LogP contribution in [-0.2, 0) is 19.4 Å². The standard InChI is InChI=1S/C14H28N4O/c1-5-9-15-14(4,11-19)8-10-18-13(7-3)16-12(6-2)17-18/h15,19H,5-11H2,1-4H3. The topological polar surface area (TPSA) is 63.0 Å². The van der Waals surface area contributed by atoms with E-state index >= 15 is 0 Å². The zero-order chi connectivity index (χ0) is 14.3. The molecular formula is C14H28N4O. The molecular weight excluding hydrogens is 240 g/mol. The Balaban J connectivity index is 2.65. The van der Waals surface area contributed by atoms with Crippen LogP contribution in [0.5, 0.6) is 0 Å². The van der Waals surface area contributed by atoms with E-state index in [1.54, 1.807) is 0 Å². The number of nitrogens with zero attached hydrogens (tertiary/aromatic N) is 3. The van der Waals surface area contributed by atoms with Gasteiger partial charge in [0.05, 0.1) is 6.61 Å². The van der Waals surface area contributed by atoms with E-state index in [4.69, 9.17) is 0 Å². The van der Waals surface area contributed by atoms with Crippen LogP contribution in [0.2, 0.25) is 0 Å². The molecule has 110 valence electrons. The first kappa shape index (κ1) is 16.1. The lowest BCUT2D eigenvalue weighted by Crippen LogP contribution is -2.46. The average Bonchev–Trinajstić information content (AvgIpc) is 2.85. The molecule has 0 fully saturated rings. The Labute approximate surface area is 116 Å². The summed E-state index contributed by atoms with van der Waals surface area (Å²) in [6.45, 7) is 10.2. The summed E-state index contributed by atoms with van der Waals surface area (Å²) in [5, 5.41) is 17.5. The van der Waals surface area contributed by atoms with Gasteiger partial charge in [0, 0.05) is 24.9 Å². The number of aliphatic hydroxyl groups is 1. The zero-order valence-corrected chi connectivity index (χ0v) is 12.7. The summed E-state index contributed by atoms with van der Waals surface area (Å²) in [4.78, 5) is 4.50. The zero-order valence-electron chi connectivity index (χ0n) is 12.7. The van der Waals surface area contributed by atoms with E-state index in [-0.39, 0.29) is 12.1 Å². The van der Waals surface area contributed by atoms with Crippen LogP contribution >= 0.6 is 0 Å². The summed E-state index contributed by atoms with van der Waals surface area (Å²) in [6.07, 6.45) is 3.68. The van der Waals surface area contributed by atoms with Crippen molar-refractivity contribution < 1.29 is 5.11 Å². The van der Waals surface area contributed by atoms with Gasteiger partial charge < -0.3 is 10.4 Å². The van der Waals surface area contributed by atoms with Crippen molar-refractivity contribution in [2.24, 2.45) is 0 Å². The van der Waals surface area contributed by atoms with Gasteiger partial charge in [-0.05, 0) is 26.3 Å². The maximum atomic E-state index is 9.56. The van der Waals surface area contributed by atoms with E-state index in [2.05, 4.69) is 43.1 Å². The molecule has 1 unspecified atom stereocenters. The molecule has 5 heteroatoms. The van der Waals surface area contributed by atoms with Crippen LogP contribution < -0.4 is 5.32 Å². The van der Waals surface area contributed by atoms with Gasteiger partial charge >= 0.3 is 0 Å². The van der Waals surface area contributed by atoms with Crippen molar-refractivity contribution in [2.75, 3.05) is 13.2 Å². The summed E-state index contributed by atoms with van der Waals surface area (Å²) >= 11 is 0. The van der Waals surface area contributed by atoms with Gasteiger partial charge in [0.25, 0.3) is 0 Å². The number of hydrogen-bond donors (Lipinski definition) is 2. The van der Waals surface area contributed by atoms with Crippen molar-refractivity contribution in [2.45, 2.75) is 65.5 Å². The van der Waals surface area contributed by atoms with Crippen LogP contribution in [0.1, 0.15) is 52.2 Å². The molecule has 0 aliphatic heterocycles. The minimum absolute atomic E-state index is 0.143. The number of rotatable bonds is 9. The summed E-state index contributed by atoms with van der Waals surface area (Å²) in [7, 11) is 0. The van der Waals surface area contributed by atoms with E-state index < -0.39 is 0 Å². The Morgan fingerprint density at radius 3 is 2.53 bits per heavy atom. The second-order valence-electron chi connectivity index (χ2n) is 5.27. The fourth-order valence-electron chi connectivity index (χ4n) is 2.02. The molecule has 0 radical (unpaired) electrons. The maximum Gasteiger partial charge on any atom is 0.150 e. The van der Waals surface area contributed by atoms with E-state index in [0.29, 0.717) is 0 Å². The lowest BCUT2D eigenvalue weighted by atomic mass is 9.99. The molecule has 1 aromatic rings. The van der Waals surface area contributed by atoms with Crippen LogP contribution in [0.15, 0.2) is 0 Å². The highest BCUT2D eigenvalue weighted by Gasteiger charge is 2.22. The fourth-order valence-corrected chi connectivity index (χ4v) is 2.02. The first-order chi connectivity index (χ1) is 9.08. The fraction of sp³-hybridized carbons (Fsp3) is 0.857. The first-order valence-corrected chi connectivity index (χ1v) is 7.37. The highest BCUT2D eigenvalue weighted by molar-refractivity contribution is 4.93. The molecule has 0 saturated heterocycles.